The van der Waals surface area contributed by atoms with E-state index in [1.807, 2.05) is 30.3 Å². The Balaban J connectivity index is 1.51. The van der Waals surface area contributed by atoms with Crippen molar-refractivity contribution in [3.8, 4) is 17.3 Å². The highest BCUT2D eigenvalue weighted by Crippen LogP contribution is 2.25. The molecule has 0 aliphatic heterocycles. The van der Waals surface area contributed by atoms with Crippen LogP contribution in [-0.4, -0.2) is 24.8 Å². The Morgan fingerprint density at radius 3 is 2.54 bits per heavy atom. The average molecular weight is 365 g/mol. The van der Waals surface area contributed by atoms with E-state index in [0.29, 0.717) is 12.4 Å². The SMILES string of the molecule is CC(C)(C)c1ccc(OCc2nn3c(-c4ccccn4)nnc3s2)cc1. The van der Waals surface area contributed by atoms with Crippen molar-refractivity contribution in [2.24, 2.45) is 0 Å². The van der Waals surface area contributed by atoms with Crippen molar-refractivity contribution in [2.45, 2.75) is 32.8 Å². The predicted octanol–water partition coefficient (Wildman–Crippen LogP) is 4.12. The quantitative estimate of drug-likeness (QED) is 0.544. The Morgan fingerprint density at radius 2 is 1.85 bits per heavy atom. The maximum atomic E-state index is 5.88. The van der Waals surface area contributed by atoms with Crippen LogP contribution in [0.3, 0.4) is 0 Å². The zero-order valence-electron chi connectivity index (χ0n) is 14.9. The van der Waals surface area contributed by atoms with Gasteiger partial charge in [0, 0.05) is 6.20 Å². The number of nitrogens with zero attached hydrogens (tertiary/aromatic N) is 5. The van der Waals surface area contributed by atoms with Crippen LogP contribution in [0.15, 0.2) is 48.7 Å². The van der Waals surface area contributed by atoms with Crippen molar-refractivity contribution in [3.05, 3.63) is 59.2 Å². The number of hydrogen-bond acceptors (Lipinski definition) is 6. The van der Waals surface area contributed by atoms with Gasteiger partial charge in [0.2, 0.25) is 10.8 Å². The van der Waals surface area contributed by atoms with E-state index < -0.39 is 0 Å². The van der Waals surface area contributed by atoms with Gasteiger partial charge in [-0.15, -0.1) is 10.2 Å². The molecule has 0 saturated heterocycles. The number of hydrogen-bond donors (Lipinski definition) is 0. The summed E-state index contributed by atoms with van der Waals surface area (Å²) in [5.41, 5.74) is 2.16. The predicted molar refractivity (Wildman–Crippen MR) is 101 cm³/mol. The monoisotopic (exact) mass is 365 g/mol. The minimum atomic E-state index is 0.133. The fourth-order valence-corrected chi connectivity index (χ4v) is 3.31. The van der Waals surface area contributed by atoms with Crippen molar-refractivity contribution < 1.29 is 4.74 Å². The summed E-state index contributed by atoms with van der Waals surface area (Å²) in [5, 5.41) is 13.8. The van der Waals surface area contributed by atoms with Crippen LogP contribution in [0, 0.1) is 0 Å². The molecule has 0 saturated carbocycles. The van der Waals surface area contributed by atoms with Crippen LogP contribution in [0.5, 0.6) is 5.75 Å². The first-order valence-electron chi connectivity index (χ1n) is 8.36. The molecule has 6 nitrogen and oxygen atoms in total. The fourth-order valence-electron chi connectivity index (χ4n) is 2.57. The van der Waals surface area contributed by atoms with E-state index in [1.165, 1.54) is 16.9 Å². The minimum absolute atomic E-state index is 0.133. The highest BCUT2D eigenvalue weighted by Gasteiger charge is 2.15. The zero-order valence-corrected chi connectivity index (χ0v) is 15.7. The number of benzene rings is 1. The zero-order chi connectivity index (χ0) is 18.1. The van der Waals surface area contributed by atoms with Crippen LogP contribution in [0.25, 0.3) is 16.5 Å². The van der Waals surface area contributed by atoms with E-state index in [0.717, 1.165) is 21.4 Å². The van der Waals surface area contributed by atoms with Gasteiger partial charge >= 0.3 is 0 Å². The summed E-state index contributed by atoms with van der Waals surface area (Å²) in [6, 6.07) is 13.9. The van der Waals surface area contributed by atoms with Gasteiger partial charge in [-0.2, -0.15) is 9.61 Å². The van der Waals surface area contributed by atoms with Crippen LogP contribution >= 0.6 is 11.3 Å². The Kier molecular flexibility index (Phi) is 4.16. The van der Waals surface area contributed by atoms with Crippen molar-refractivity contribution in [3.63, 3.8) is 0 Å². The van der Waals surface area contributed by atoms with E-state index in [2.05, 4.69) is 53.2 Å². The third-order valence-electron chi connectivity index (χ3n) is 4.01. The van der Waals surface area contributed by atoms with Crippen molar-refractivity contribution in [1.29, 1.82) is 0 Å². The number of fused-ring (bicyclic) bond motifs is 1. The summed E-state index contributed by atoms with van der Waals surface area (Å²) in [5.74, 6) is 1.46. The Hall–Kier alpha value is -2.80. The van der Waals surface area contributed by atoms with Crippen molar-refractivity contribution in [1.82, 2.24) is 24.8 Å². The molecule has 0 aliphatic carbocycles. The van der Waals surface area contributed by atoms with E-state index in [1.54, 1.807) is 10.7 Å². The number of ether oxygens (including phenoxy) is 1. The second-order valence-electron chi connectivity index (χ2n) is 6.99. The minimum Gasteiger partial charge on any atom is -0.486 e. The van der Waals surface area contributed by atoms with E-state index in [4.69, 9.17) is 4.74 Å². The second-order valence-corrected chi connectivity index (χ2v) is 8.03. The molecule has 0 spiro atoms. The molecule has 1 aromatic carbocycles. The molecule has 7 heteroatoms. The van der Waals surface area contributed by atoms with Crippen molar-refractivity contribution >= 4 is 16.3 Å². The van der Waals surface area contributed by atoms with Gasteiger partial charge in [-0.25, -0.2) is 0 Å². The first kappa shape index (κ1) is 16.7. The summed E-state index contributed by atoms with van der Waals surface area (Å²) in [7, 11) is 0. The molecule has 0 bridgehead atoms. The van der Waals surface area contributed by atoms with Crippen LogP contribution in [0.2, 0.25) is 0 Å². The molecule has 0 aliphatic rings. The third-order valence-corrected chi connectivity index (χ3v) is 4.88. The van der Waals surface area contributed by atoms with Crippen molar-refractivity contribution in [2.75, 3.05) is 0 Å². The van der Waals surface area contributed by atoms with Gasteiger partial charge in [0.25, 0.3) is 0 Å². The third kappa shape index (κ3) is 3.30. The maximum Gasteiger partial charge on any atom is 0.235 e. The molecule has 3 heterocycles. The first-order valence-corrected chi connectivity index (χ1v) is 9.18. The Labute approximate surface area is 155 Å². The van der Waals surface area contributed by atoms with Gasteiger partial charge < -0.3 is 4.74 Å². The average Bonchev–Trinajstić information content (AvgIpc) is 3.20. The molecule has 26 heavy (non-hydrogen) atoms. The summed E-state index contributed by atoms with van der Waals surface area (Å²) < 4.78 is 7.59. The molecular formula is C19H19N5OS. The summed E-state index contributed by atoms with van der Waals surface area (Å²) in [6.45, 7) is 6.98. The van der Waals surface area contributed by atoms with Crippen LogP contribution in [-0.2, 0) is 12.0 Å². The van der Waals surface area contributed by atoms with Gasteiger partial charge in [-0.1, -0.05) is 50.3 Å². The molecule has 0 radical (unpaired) electrons. The van der Waals surface area contributed by atoms with Gasteiger partial charge in [0.1, 0.15) is 18.1 Å². The molecule has 0 atom stereocenters. The lowest BCUT2D eigenvalue weighted by molar-refractivity contribution is 0.304. The molecule has 0 unspecified atom stereocenters. The van der Waals surface area contributed by atoms with E-state index in [-0.39, 0.29) is 5.41 Å². The molecule has 0 fully saturated rings. The van der Waals surface area contributed by atoms with E-state index in [9.17, 15) is 0 Å². The highest BCUT2D eigenvalue weighted by atomic mass is 32.1. The largest absolute Gasteiger partial charge is 0.486 e. The fraction of sp³-hybridized carbons (Fsp3) is 0.263. The second kappa shape index (κ2) is 6.49. The standard InChI is InChI=1S/C19H19N5OS/c1-19(2,3)13-7-9-14(10-8-13)25-12-16-23-24-17(21-22-18(24)26-16)15-6-4-5-11-20-15/h4-11H,12H2,1-3H3. The Bertz CT molecular complexity index is 1020. The van der Waals surface area contributed by atoms with Gasteiger partial charge in [0.05, 0.1) is 0 Å². The summed E-state index contributed by atoms with van der Waals surface area (Å²) >= 11 is 1.46. The smallest absolute Gasteiger partial charge is 0.235 e. The molecular weight excluding hydrogens is 346 g/mol. The molecule has 0 amide bonds. The maximum absolute atomic E-state index is 5.88. The molecule has 3 aromatic heterocycles. The van der Waals surface area contributed by atoms with Crippen LogP contribution in [0.1, 0.15) is 31.3 Å². The Morgan fingerprint density at radius 1 is 1.04 bits per heavy atom. The number of pyridine rings is 1. The lowest BCUT2D eigenvalue weighted by Gasteiger charge is -2.19. The summed E-state index contributed by atoms with van der Waals surface area (Å²) in [4.78, 5) is 5.04. The first-order chi connectivity index (χ1) is 12.5. The van der Waals surface area contributed by atoms with Gasteiger partial charge in [-0.05, 0) is 35.2 Å². The number of aromatic nitrogens is 5. The molecule has 4 aromatic rings. The van der Waals surface area contributed by atoms with Gasteiger partial charge in [-0.3, -0.25) is 4.98 Å². The number of rotatable bonds is 4. The lowest BCUT2D eigenvalue weighted by Crippen LogP contribution is -2.10. The normalized spacial score (nSPS) is 11.8. The van der Waals surface area contributed by atoms with Crippen LogP contribution < -0.4 is 4.74 Å². The summed E-state index contributed by atoms with van der Waals surface area (Å²) in [6.07, 6.45) is 1.73. The van der Waals surface area contributed by atoms with E-state index >= 15 is 0 Å². The lowest BCUT2D eigenvalue weighted by atomic mass is 9.87. The highest BCUT2D eigenvalue weighted by molar-refractivity contribution is 7.16. The topological polar surface area (TPSA) is 65.2 Å². The molecule has 0 N–H and O–H groups in total. The van der Waals surface area contributed by atoms with Gasteiger partial charge in [0.15, 0.2) is 5.01 Å². The molecule has 4 rings (SSSR count). The van der Waals surface area contributed by atoms with Crippen LogP contribution in [0.4, 0.5) is 0 Å². The molecule has 132 valence electrons.